The summed E-state index contributed by atoms with van der Waals surface area (Å²) in [5.41, 5.74) is 7.36. The van der Waals surface area contributed by atoms with Gasteiger partial charge in [-0.1, -0.05) is 28.4 Å². The number of aliphatic imine (C=N–C) groups is 1. The molecule has 1 fully saturated rings. The molecule has 1 aromatic heterocycles. The summed E-state index contributed by atoms with van der Waals surface area (Å²) < 4.78 is 5.34. The van der Waals surface area contributed by atoms with Gasteiger partial charge in [0.1, 0.15) is 5.84 Å². The topological polar surface area (TPSA) is 116 Å². The minimum Gasteiger partial charge on any atom is -0.386 e. The lowest BCUT2D eigenvalue weighted by molar-refractivity contribution is 0.231. The number of halogens is 2. The molecule has 4 N–H and O–H groups in total. The highest BCUT2D eigenvalue weighted by Gasteiger charge is 2.30. The third-order valence-corrected chi connectivity index (χ3v) is 5.92. The zero-order valence-corrected chi connectivity index (χ0v) is 17.4. The van der Waals surface area contributed by atoms with Crippen molar-refractivity contribution in [1.82, 2.24) is 20.4 Å². The number of amidine groups is 1. The van der Waals surface area contributed by atoms with Crippen molar-refractivity contribution in [2.24, 2.45) is 10.7 Å². The van der Waals surface area contributed by atoms with E-state index in [0.29, 0.717) is 47.8 Å². The number of nitrogens with one attached hydrogen (secondary N) is 2. The largest absolute Gasteiger partial charge is 0.386 e. The average Bonchev–Trinajstić information content (AvgIpc) is 3.39. The summed E-state index contributed by atoms with van der Waals surface area (Å²) in [6, 6.07) is 5.26. The van der Waals surface area contributed by atoms with Gasteiger partial charge in [0.25, 0.3) is 5.89 Å². The van der Waals surface area contributed by atoms with Gasteiger partial charge >= 0.3 is 0 Å². The second-order valence-corrected chi connectivity index (χ2v) is 8.16. The number of benzene rings is 1. The summed E-state index contributed by atoms with van der Waals surface area (Å²) in [4.78, 5) is 11.0. The lowest BCUT2D eigenvalue weighted by Gasteiger charge is -2.34. The molecule has 154 valence electrons. The van der Waals surface area contributed by atoms with E-state index in [1.165, 1.54) is 0 Å². The van der Waals surface area contributed by atoms with Crippen LogP contribution in [0.15, 0.2) is 27.7 Å². The highest BCUT2D eigenvalue weighted by Crippen LogP contribution is 2.25. The van der Waals surface area contributed by atoms with Crippen molar-refractivity contribution < 1.29 is 4.52 Å². The van der Waals surface area contributed by atoms with Crippen LogP contribution in [0, 0.1) is 5.41 Å². The molecule has 1 aromatic carbocycles. The molecule has 2 atom stereocenters. The van der Waals surface area contributed by atoms with Gasteiger partial charge in [0.15, 0.2) is 5.82 Å². The molecule has 0 amide bonds. The van der Waals surface area contributed by atoms with Crippen LogP contribution in [0.4, 0.5) is 0 Å². The fourth-order valence-corrected chi connectivity index (χ4v) is 4.12. The van der Waals surface area contributed by atoms with Crippen molar-refractivity contribution in [3.05, 3.63) is 45.5 Å². The highest BCUT2D eigenvalue weighted by atomic mass is 35.5. The maximum atomic E-state index is 8.49. The van der Waals surface area contributed by atoms with Crippen LogP contribution in [0.1, 0.15) is 42.6 Å². The monoisotopic (exact) mass is 435 g/mol. The Kier molecular flexibility index (Phi) is 6.15. The van der Waals surface area contributed by atoms with Crippen molar-refractivity contribution in [3.63, 3.8) is 0 Å². The van der Waals surface area contributed by atoms with Gasteiger partial charge in [-0.25, -0.2) is 0 Å². The number of nitrogens with zero attached hydrogens (tertiary/aromatic N) is 4. The van der Waals surface area contributed by atoms with Crippen LogP contribution in [0.3, 0.4) is 0 Å². The van der Waals surface area contributed by atoms with Crippen LogP contribution in [-0.4, -0.2) is 52.3 Å². The van der Waals surface area contributed by atoms with E-state index in [-0.39, 0.29) is 23.7 Å². The molecule has 0 radical (unpaired) electrons. The molecule has 4 rings (SSSR count). The van der Waals surface area contributed by atoms with Crippen LogP contribution in [-0.2, 0) is 6.54 Å². The van der Waals surface area contributed by atoms with E-state index >= 15 is 0 Å². The lowest BCUT2D eigenvalue weighted by Crippen LogP contribution is -2.50. The Morgan fingerprint density at radius 3 is 3.03 bits per heavy atom. The average molecular weight is 436 g/mol. The SMILES string of the molecule is N=C(CC1C(N)=NCCN1Cc1cc(Cl)ccc1Cl)c1nc(C2CCCN2)no1. The Morgan fingerprint density at radius 2 is 2.24 bits per heavy atom. The molecule has 2 aliphatic rings. The van der Waals surface area contributed by atoms with E-state index in [1.54, 1.807) is 12.1 Å². The minimum atomic E-state index is -0.244. The maximum Gasteiger partial charge on any atom is 0.271 e. The molecule has 2 unspecified atom stereocenters. The number of hydrogen-bond acceptors (Lipinski definition) is 8. The molecule has 1 saturated heterocycles. The first-order valence-corrected chi connectivity index (χ1v) is 10.4. The van der Waals surface area contributed by atoms with E-state index in [2.05, 4.69) is 25.3 Å². The molecule has 2 aliphatic heterocycles. The van der Waals surface area contributed by atoms with Crippen LogP contribution >= 0.6 is 23.2 Å². The second kappa shape index (κ2) is 8.79. The molecule has 0 spiro atoms. The summed E-state index contributed by atoms with van der Waals surface area (Å²) in [5.74, 6) is 1.33. The Morgan fingerprint density at radius 1 is 1.38 bits per heavy atom. The van der Waals surface area contributed by atoms with Crippen molar-refractivity contribution in [1.29, 1.82) is 5.41 Å². The first kappa shape index (κ1) is 20.3. The van der Waals surface area contributed by atoms with Crippen LogP contribution in [0.5, 0.6) is 0 Å². The summed E-state index contributed by atoms with van der Waals surface area (Å²) in [6.07, 6.45) is 2.39. The molecule has 3 heterocycles. The molecule has 8 nitrogen and oxygen atoms in total. The van der Waals surface area contributed by atoms with Crippen molar-refractivity contribution in [3.8, 4) is 0 Å². The van der Waals surface area contributed by atoms with Crippen LogP contribution in [0.25, 0.3) is 0 Å². The van der Waals surface area contributed by atoms with Gasteiger partial charge in [0.2, 0.25) is 0 Å². The zero-order chi connectivity index (χ0) is 20.4. The number of rotatable bonds is 6. The molecule has 10 heteroatoms. The van der Waals surface area contributed by atoms with Gasteiger partial charge in [-0.05, 0) is 43.1 Å². The molecule has 2 aromatic rings. The summed E-state index contributed by atoms with van der Waals surface area (Å²) in [7, 11) is 0. The molecule has 0 aliphatic carbocycles. The maximum absolute atomic E-state index is 8.49. The summed E-state index contributed by atoms with van der Waals surface area (Å²) in [6.45, 7) is 2.82. The van der Waals surface area contributed by atoms with E-state index in [0.717, 1.165) is 24.9 Å². The highest BCUT2D eigenvalue weighted by molar-refractivity contribution is 6.33. The molecule has 0 saturated carbocycles. The standard InChI is InChI=1S/C19H23Cl2N7O/c20-12-3-4-13(21)11(8-12)10-28-7-6-25-17(23)16(28)9-14(22)19-26-18(27-29-19)15-2-1-5-24-15/h3-4,8,15-16,22,24H,1-2,5-7,9-10H2,(H2,23,25). The van der Waals surface area contributed by atoms with E-state index in [9.17, 15) is 0 Å². The first-order chi connectivity index (χ1) is 14.0. The summed E-state index contributed by atoms with van der Waals surface area (Å²) >= 11 is 12.5. The van der Waals surface area contributed by atoms with Crippen LogP contribution < -0.4 is 11.1 Å². The third kappa shape index (κ3) is 4.61. The predicted octanol–water partition coefficient (Wildman–Crippen LogP) is 2.80. The van der Waals surface area contributed by atoms with E-state index < -0.39 is 0 Å². The molecular weight excluding hydrogens is 413 g/mol. The fraction of sp³-hybridized carbons (Fsp3) is 0.474. The van der Waals surface area contributed by atoms with Crippen LogP contribution in [0.2, 0.25) is 10.0 Å². The number of hydrogen-bond donors (Lipinski definition) is 3. The minimum absolute atomic E-state index is 0.100. The number of aromatic nitrogens is 2. The van der Waals surface area contributed by atoms with Crippen molar-refractivity contribution >= 4 is 34.7 Å². The fourth-order valence-electron chi connectivity index (χ4n) is 3.75. The van der Waals surface area contributed by atoms with Gasteiger partial charge in [-0.2, -0.15) is 4.98 Å². The zero-order valence-electron chi connectivity index (χ0n) is 15.9. The normalized spacial score (nSPS) is 22.6. The Balaban J connectivity index is 1.48. The van der Waals surface area contributed by atoms with Gasteiger partial charge in [-0.15, -0.1) is 0 Å². The van der Waals surface area contributed by atoms with Crippen molar-refractivity contribution in [2.75, 3.05) is 19.6 Å². The second-order valence-electron chi connectivity index (χ2n) is 7.32. The lowest BCUT2D eigenvalue weighted by atomic mass is 10.0. The predicted molar refractivity (Wildman–Crippen MR) is 113 cm³/mol. The van der Waals surface area contributed by atoms with Gasteiger partial charge < -0.3 is 15.6 Å². The van der Waals surface area contributed by atoms with E-state index in [4.69, 9.17) is 38.9 Å². The Hall–Kier alpha value is -2.00. The number of nitrogens with two attached hydrogens (primary N) is 1. The van der Waals surface area contributed by atoms with E-state index in [1.807, 2.05) is 6.07 Å². The Bertz CT molecular complexity index is 923. The first-order valence-electron chi connectivity index (χ1n) is 9.64. The smallest absolute Gasteiger partial charge is 0.271 e. The molecule has 0 bridgehead atoms. The van der Waals surface area contributed by atoms with Crippen molar-refractivity contribution in [2.45, 2.75) is 37.9 Å². The van der Waals surface area contributed by atoms with Gasteiger partial charge in [0.05, 0.1) is 24.3 Å². The van der Waals surface area contributed by atoms with Gasteiger partial charge in [-0.3, -0.25) is 15.3 Å². The molecular formula is C19H23Cl2N7O. The molecule has 29 heavy (non-hydrogen) atoms. The van der Waals surface area contributed by atoms with Gasteiger partial charge in [0, 0.05) is 29.6 Å². The summed E-state index contributed by atoms with van der Waals surface area (Å²) in [5, 5.41) is 17.1. The quantitative estimate of drug-likeness (QED) is 0.600. The Labute approximate surface area is 179 Å². The third-order valence-electron chi connectivity index (χ3n) is 5.31.